The summed E-state index contributed by atoms with van der Waals surface area (Å²) in [5.74, 6) is 0.332. The van der Waals surface area contributed by atoms with E-state index in [0.29, 0.717) is 10.5 Å². The van der Waals surface area contributed by atoms with Crippen molar-refractivity contribution in [3.05, 3.63) is 43.8 Å². The van der Waals surface area contributed by atoms with Crippen LogP contribution < -0.4 is 5.56 Å². The van der Waals surface area contributed by atoms with E-state index in [2.05, 4.69) is 16.5 Å². The van der Waals surface area contributed by atoms with Crippen LogP contribution in [0.1, 0.15) is 39.1 Å². The molecule has 138 valence electrons. The molecule has 0 amide bonds. The molecule has 0 aliphatic rings. The molecule has 0 fully saturated rings. The van der Waals surface area contributed by atoms with Crippen LogP contribution in [0.5, 0.6) is 0 Å². The molecule has 0 spiro atoms. The molecule has 0 saturated carbocycles. The first-order chi connectivity index (χ1) is 12.3. The van der Waals surface area contributed by atoms with Gasteiger partial charge in [0.15, 0.2) is 10.9 Å². The molecular formula is C19H23N3O2S2. The molecule has 0 saturated heterocycles. The van der Waals surface area contributed by atoms with Crippen LogP contribution in [0.15, 0.2) is 16.0 Å². The number of rotatable bonds is 5. The van der Waals surface area contributed by atoms with Crippen LogP contribution >= 0.6 is 23.1 Å². The van der Waals surface area contributed by atoms with Crippen molar-refractivity contribution in [1.82, 2.24) is 14.1 Å². The summed E-state index contributed by atoms with van der Waals surface area (Å²) in [5.41, 5.74) is 3.80. The lowest BCUT2D eigenvalue weighted by atomic mass is 10.2. The molecule has 3 heterocycles. The second-order valence-corrected chi connectivity index (χ2v) is 8.61. The second-order valence-electron chi connectivity index (χ2n) is 6.46. The van der Waals surface area contributed by atoms with Crippen molar-refractivity contribution >= 4 is 39.1 Å². The van der Waals surface area contributed by atoms with Gasteiger partial charge in [0.2, 0.25) is 0 Å². The topological polar surface area (TPSA) is 56.9 Å². The Morgan fingerprint density at radius 3 is 2.58 bits per heavy atom. The average Bonchev–Trinajstić information content (AvgIpc) is 3.05. The Bertz CT molecular complexity index is 1070. The summed E-state index contributed by atoms with van der Waals surface area (Å²) < 4.78 is 3.68. The van der Waals surface area contributed by atoms with E-state index in [-0.39, 0.29) is 17.1 Å². The van der Waals surface area contributed by atoms with Gasteiger partial charge in [0.25, 0.3) is 5.56 Å². The van der Waals surface area contributed by atoms with Crippen molar-refractivity contribution in [3.63, 3.8) is 0 Å². The lowest BCUT2D eigenvalue weighted by Gasteiger charge is -2.08. The molecule has 0 bridgehead atoms. The zero-order valence-corrected chi connectivity index (χ0v) is 17.6. The number of hydrogen-bond donors (Lipinski definition) is 0. The summed E-state index contributed by atoms with van der Waals surface area (Å²) >= 11 is 2.86. The second kappa shape index (κ2) is 7.04. The van der Waals surface area contributed by atoms with Crippen molar-refractivity contribution in [2.45, 2.75) is 46.3 Å². The quantitative estimate of drug-likeness (QED) is 0.376. The number of fused-ring (bicyclic) bond motifs is 1. The Balaban J connectivity index is 1.89. The van der Waals surface area contributed by atoms with Gasteiger partial charge in [-0.15, -0.1) is 11.3 Å². The maximum atomic E-state index is 12.7. The van der Waals surface area contributed by atoms with Crippen LogP contribution in [-0.2, 0) is 13.6 Å². The number of carbonyl (C=O) groups is 1. The van der Waals surface area contributed by atoms with Gasteiger partial charge in [-0.3, -0.25) is 14.2 Å². The number of thiophene rings is 1. The van der Waals surface area contributed by atoms with Crippen molar-refractivity contribution < 1.29 is 4.79 Å². The van der Waals surface area contributed by atoms with Gasteiger partial charge >= 0.3 is 0 Å². The lowest BCUT2D eigenvalue weighted by molar-refractivity contribution is 0.102. The maximum absolute atomic E-state index is 12.7. The molecule has 0 aliphatic carbocycles. The average molecular weight is 390 g/mol. The SMILES string of the molecule is CCn1c(C)cc(C(=O)CSc2nc3sc(C)c(C)c3c(=O)n2C)c1C. The van der Waals surface area contributed by atoms with E-state index in [1.54, 1.807) is 11.6 Å². The van der Waals surface area contributed by atoms with Crippen LogP contribution in [0, 0.1) is 27.7 Å². The molecule has 7 heteroatoms. The van der Waals surface area contributed by atoms with Gasteiger partial charge in [0.1, 0.15) is 4.83 Å². The summed E-state index contributed by atoms with van der Waals surface area (Å²) in [6.45, 7) is 10.9. The lowest BCUT2D eigenvalue weighted by Crippen LogP contribution is -2.20. The third kappa shape index (κ3) is 3.03. The molecule has 0 atom stereocenters. The summed E-state index contributed by atoms with van der Waals surface area (Å²) in [4.78, 5) is 31.8. The highest BCUT2D eigenvalue weighted by molar-refractivity contribution is 7.99. The highest BCUT2D eigenvalue weighted by atomic mass is 32.2. The minimum absolute atomic E-state index is 0.0454. The minimum atomic E-state index is -0.0454. The number of ketones is 1. The van der Waals surface area contributed by atoms with Gasteiger partial charge < -0.3 is 4.57 Å². The van der Waals surface area contributed by atoms with Gasteiger partial charge in [-0.05, 0) is 46.2 Å². The molecule has 0 radical (unpaired) electrons. The van der Waals surface area contributed by atoms with Crippen LogP contribution in [0.25, 0.3) is 10.2 Å². The molecule has 0 N–H and O–H groups in total. The fraction of sp³-hybridized carbons (Fsp3) is 0.421. The Hall–Kier alpha value is -1.86. The largest absolute Gasteiger partial charge is 0.349 e. The van der Waals surface area contributed by atoms with Gasteiger partial charge in [0, 0.05) is 35.4 Å². The highest BCUT2D eigenvalue weighted by Crippen LogP contribution is 2.28. The monoisotopic (exact) mass is 389 g/mol. The van der Waals surface area contributed by atoms with Crippen molar-refractivity contribution in [2.24, 2.45) is 7.05 Å². The zero-order valence-electron chi connectivity index (χ0n) is 16.0. The van der Waals surface area contributed by atoms with Crippen molar-refractivity contribution in [1.29, 1.82) is 0 Å². The smallest absolute Gasteiger partial charge is 0.262 e. The molecule has 3 aromatic rings. The normalized spacial score (nSPS) is 11.5. The fourth-order valence-corrected chi connectivity index (χ4v) is 5.19. The predicted octanol–water partition coefficient (Wildman–Crippen LogP) is 4.03. The van der Waals surface area contributed by atoms with Crippen molar-refractivity contribution in [2.75, 3.05) is 5.75 Å². The predicted molar refractivity (Wildman–Crippen MR) is 109 cm³/mol. The molecule has 26 heavy (non-hydrogen) atoms. The summed E-state index contributed by atoms with van der Waals surface area (Å²) in [5, 5.41) is 1.28. The fourth-order valence-electron chi connectivity index (χ4n) is 3.26. The third-order valence-corrected chi connectivity index (χ3v) is 7.02. The zero-order chi connectivity index (χ0) is 19.2. The summed E-state index contributed by atoms with van der Waals surface area (Å²) in [6.07, 6.45) is 0. The molecule has 3 rings (SSSR count). The Kier molecular flexibility index (Phi) is 5.12. The first-order valence-electron chi connectivity index (χ1n) is 8.55. The number of thioether (sulfide) groups is 1. The molecule has 3 aromatic heterocycles. The molecule has 0 aromatic carbocycles. The van der Waals surface area contributed by atoms with Crippen LogP contribution in [0.4, 0.5) is 0 Å². The van der Waals surface area contributed by atoms with Crippen LogP contribution in [-0.4, -0.2) is 25.7 Å². The van der Waals surface area contributed by atoms with E-state index in [1.165, 1.54) is 23.1 Å². The molecule has 5 nitrogen and oxygen atoms in total. The van der Waals surface area contributed by atoms with Crippen LogP contribution in [0.2, 0.25) is 0 Å². The maximum Gasteiger partial charge on any atom is 0.262 e. The number of Topliss-reactive ketones (excluding diaryl/α,β-unsaturated/α-hetero) is 1. The van der Waals surface area contributed by atoms with Gasteiger partial charge in [-0.2, -0.15) is 0 Å². The van der Waals surface area contributed by atoms with E-state index >= 15 is 0 Å². The standard InChI is InChI=1S/C19H23N3O2S2/c1-7-22-10(2)8-14(12(22)4)15(23)9-25-19-20-17-16(18(24)21(19)6)11(3)13(5)26-17/h8H,7,9H2,1-6H3. The van der Waals surface area contributed by atoms with Gasteiger partial charge in [0.05, 0.1) is 11.1 Å². The summed E-state index contributed by atoms with van der Waals surface area (Å²) in [7, 11) is 1.72. The number of nitrogens with zero attached hydrogens (tertiary/aromatic N) is 3. The Morgan fingerprint density at radius 1 is 1.27 bits per heavy atom. The van der Waals surface area contributed by atoms with Crippen LogP contribution in [0.3, 0.4) is 0 Å². The number of carbonyl (C=O) groups excluding carboxylic acids is 1. The Morgan fingerprint density at radius 2 is 1.96 bits per heavy atom. The van der Waals surface area contributed by atoms with Gasteiger partial charge in [-0.1, -0.05) is 11.8 Å². The first kappa shape index (κ1) is 18.9. The minimum Gasteiger partial charge on any atom is -0.349 e. The molecule has 0 unspecified atom stereocenters. The van der Waals surface area contributed by atoms with Gasteiger partial charge in [-0.25, -0.2) is 4.98 Å². The number of hydrogen-bond acceptors (Lipinski definition) is 5. The number of aromatic nitrogens is 3. The Labute approximate surface area is 161 Å². The van der Waals surface area contributed by atoms with E-state index < -0.39 is 0 Å². The number of aryl methyl sites for hydroxylation is 3. The van der Waals surface area contributed by atoms with E-state index in [0.717, 1.165) is 38.8 Å². The first-order valence-corrected chi connectivity index (χ1v) is 10.4. The van der Waals surface area contributed by atoms with Crippen molar-refractivity contribution in [3.8, 4) is 0 Å². The third-order valence-electron chi connectivity index (χ3n) is 4.89. The van der Waals surface area contributed by atoms with E-state index in [9.17, 15) is 9.59 Å². The van der Waals surface area contributed by atoms with E-state index in [4.69, 9.17) is 0 Å². The summed E-state index contributed by atoms with van der Waals surface area (Å²) in [6, 6.07) is 1.95. The molecular weight excluding hydrogens is 366 g/mol. The molecule has 0 aliphatic heterocycles. The van der Waals surface area contributed by atoms with E-state index in [1.807, 2.05) is 33.8 Å². The highest BCUT2D eigenvalue weighted by Gasteiger charge is 2.18.